The highest BCUT2D eigenvalue weighted by atomic mass is 35.5. The summed E-state index contributed by atoms with van der Waals surface area (Å²) in [6.07, 6.45) is 7.04. The highest BCUT2D eigenvalue weighted by Crippen LogP contribution is 2.39. The van der Waals surface area contributed by atoms with Crippen LogP contribution in [0.5, 0.6) is 0 Å². The Morgan fingerprint density at radius 1 is 0.889 bits per heavy atom. The minimum Gasteiger partial charge on any atom is -0.445 e. The van der Waals surface area contributed by atoms with Crippen LogP contribution < -0.4 is 10.6 Å². The predicted molar refractivity (Wildman–Crippen MR) is 144 cm³/mol. The number of benzene rings is 1. The molecular formula is C27H37Cl2N3O4. The van der Waals surface area contributed by atoms with Crippen LogP contribution in [-0.2, 0) is 35.7 Å². The normalized spacial score (nSPS) is 12.3. The molecule has 0 bridgehead atoms. The number of nitrogens with zero attached hydrogens (tertiary/aromatic N) is 1. The highest BCUT2D eigenvalue weighted by molar-refractivity contribution is 6.42. The summed E-state index contributed by atoms with van der Waals surface area (Å²) in [5.41, 5.74) is 4.60. The molecule has 9 heteroatoms. The molecule has 0 unspecified atom stereocenters. The van der Waals surface area contributed by atoms with E-state index in [1.54, 1.807) is 6.07 Å². The minimum absolute atomic E-state index is 0.0615. The van der Waals surface area contributed by atoms with E-state index in [1.165, 1.54) is 0 Å². The van der Waals surface area contributed by atoms with Crippen molar-refractivity contribution < 1.29 is 19.1 Å². The van der Waals surface area contributed by atoms with Crippen molar-refractivity contribution in [3.05, 3.63) is 45.1 Å². The molecule has 0 saturated heterocycles. The van der Waals surface area contributed by atoms with Gasteiger partial charge in [-0.05, 0) is 37.8 Å². The fraction of sp³-hybridized carbons (Fsp3) is 0.556. The number of unbranched alkanes of at least 4 members (excludes halogenated alkanes) is 4. The van der Waals surface area contributed by atoms with Crippen LogP contribution in [-0.4, -0.2) is 29.8 Å². The molecule has 2 N–H and O–H groups in total. The smallest absolute Gasteiger partial charge is 0.407 e. The Labute approximate surface area is 223 Å². The number of aromatic nitrogens is 1. The molecule has 0 saturated carbocycles. The number of ether oxygens (including phenoxy) is 2. The number of hydrogen-bond donors (Lipinski definition) is 2. The average molecular weight is 539 g/mol. The summed E-state index contributed by atoms with van der Waals surface area (Å²) < 4.78 is 13.4. The zero-order chi connectivity index (χ0) is 25.9. The first-order valence-electron chi connectivity index (χ1n) is 13.0. The zero-order valence-corrected chi connectivity index (χ0v) is 22.8. The van der Waals surface area contributed by atoms with Gasteiger partial charge in [-0.3, -0.25) is 0 Å². The van der Waals surface area contributed by atoms with E-state index in [0.717, 1.165) is 86.0 Å². The second-order valence-corrected chi connectivity index (χ2v) is 9.87. The van der Waals surface area contributed by atoms with Gasteiger partial charge in [-0.25, -0.2) is 9.59 Å². The summed E-state index contributed by atoms with van der Waals surface area (Å²) in [5.74, 6) is 0. The van der Waals surface area contributed by atoms with E-state index in [2.05, 4.69) is 29.0 Å². The van der Waals surface area contributed by atoms with E-state index in [4.69, 9.17) is 32.7 Å². The third-order valence-electron chi connectivity index (χ3n) is 6.38. The number of carbonyl (C=O) groups is 2. The van der Waals surface area contributed by atoms with Crippen LogP contribution in [0.1, 0.15) is 75.6 Å². The van der Waals surface area contributed by atoms with Crippen molar-refractivity contribution in [3.8, 4) is 11.3 Å². The lowest BCUT2D eigenvalue weighted by Crippen LogP contribution is -2.26. The van der Waals surface area contributed by atoms with Crippen LogP contribution >= 0.6 is 23.2 Å². The van der Waals surface area contributed by atoms with Crippen molar-refractivity contribution in [1.82, 2.24) is 15.2 Å². The summed E-state index contributed by atoms with van der Waals surface area (Å²) in [7, 11) is 0. The maximum Gasteiger partial charge on any atom is 0.407 e. The molecule has 1 aliphatic rings. The molecule has 36 heavy (non-hydrogen) atoms. The molecule has 1 aliphatic heterocycles. The SMILES string of the molecule is CCCCCNC(=O)OCc1c(COC(=O)NCCCCC)c(-c2ccc(Cl)c(Cl)c2)n2c1CCC2. The molecule has 198 valence electrons. The van der Waals surface area contributed by atoms with Gasteiger partial charge in [0.2, 0.25) is 0 Å². The van der Waals surface area contributed by atoms with E-state index in [9.17, 15) is 9.59 Å². The number of halogens is 2. The van der Waals surface area contributed by atoms with Crippen molar-refractivity contribution >= 4 is 35.4 Å². The van der Waals surface area contributed by atoms with Gasteiger partial charge in [0.15, 0.2) is 0 Å². The van der Waals surface area contributed by atoms with Gasteiger partial charge in [0.25, 0.3) is 0 Å². The molecule has 0 radical (unpaired) electrons. The standard InChI is InChI=1S/C27H37Cl2N3O4/c1-3-5-7-13-30-26(33)35-17-20-21(18-36-27(34)31-14-8-6-4-2)25(32-15-9-10-24(20)32)19-11-12-22(28)23(29)16-19/h11-12,16H,3-10,13-15,17-18H2,1-2H3,(H,30,33)(H,31,34). The molecule has 1 aromatic carbocycles. The first-order valence-corrected chi connectivity index (χ1v) is 13.7. The second kappa shape index (κ2) is 14.4. The molecule has 2 heterocycles. The van der Waals surface area contributed by atoms with Gasteiger partial charge < -0.3 is 24.7 Å². The Morgan fingerprint density at radius 2 is 1.50 bits per heavy atom. The van der Waals surface area contributed by atoms with E-state index < -0.39 is 12.2 Å². The van der Waals surface area contributed by atoms with Crippen LogP contribution in [0.15, 0.2) is 18.2 Å². The van der Waals surface area contributed by atoms with Gasteiger partial charge >= 0.3 is 12.2 Å². The predicted octanol–water partition coefficient (Wildman–Crippen LogP) is 7.24. The first-order chi connectivity index (χ1) is 17.5. The number of hydrogen-bond acceptors (Lipinski definition) is 4. The van der Waals surface area contributed by atoms with E-state index in [0.29, 0.717) is 23.1 Å². The van der Waals surface area contributed by atoms with Gasteiger partial charge in [-0.1, -0.05) is 68.8 Å². The lowest BCUT2D eigenvalue weighted by molar-refractivity contribution is 0.131. The van der Waals surface area contributed by atoms with Crippen molar-refractivity contribution in [2.24, 2.45) is 0 Å². The number of amides is 2. The first kappa shape index (κ1) is 28.2. The van der Waals surface area contributed by atoms with Gasteiger partial charge in [0.05, 0.1) is 15.7 Å². The van der Waals surface area contributed by atoms with E-state index >= 15 is 0 Å². The molecule has 3 rings (SSSR count). The third-order valence-corrected chi connectivity index (χ3v) is 7.12. The third kappa shape index (κ3) is 7.56. The van der Waals surface area contributed by atoms with E-state index in [-0.39, 0.29) is 13.2 Å². The largest absolute Gasteiger partial charge is 0.445 e. The summed E-state index contributed by atoms with van der Waals surface area (Å²) in [5, 5.41) is 6.55. The molecule has 0 spiro atoms. The fourth-order valence-corrected chi connectivity index (χ4v) is 4.82. The Bertz CT molecular complexity index is 1040. The lowest BCUT2D eigenvalue weighted by Gasteiger charge is -2.13. The molecule has 2 aromatic rings. The van der Waals surface area contributed by atoms with Crippen LogP contribution in [0.25, 0.3) is 11.3 Å². The molecule has 1 aromatic heterocycles. The van der Waals surface area contributed by atoms with Gasteiger partial charge in [-0.2, -0.15) is 0 Å². The van der Waals surface area contributed by atoms with Crippen LogP contribution in [0, 0.1) is 0 Å². The minimum atomic E-state index is -0.460. The Kier molecular flexibility index (Phi) is 11.3. The van der Waals surface area contributed by atoms with Crippen LogP contribution in [0.2, 0.25) is 10.0 Å². The van der Waals surface area contributed by atoms with Gasteiger partial charge in [0, 0.05) is 42.0 Å². The Balaban J connectivity index is 1.83. The molecule has 7 nitrogen and oxygen atoms in total. The fourth-order valence-electron chi connectivity index (χ4n) is 4.52. The summed E-state index contributed by atoms with van der Waals surface area (Å²) >= 11 is 12.5. The zero-order valence-electron chi connectivity index (χ0n) is 21.3. The number of carbonyl (C=O) groups excluding carboxylic acids is 2. The number of nitrogens with one attached hydrogen (secondary N) is 2. The average Bonchev–Trinajstić information content (AvgIpc) is 3.44. The maximum atomic E-state index is 12.4. The molecule has 0 aliphatic carbocycles. The maximum absolute atomic E-state index is 12.4. The quantitative estimate of drug-likeness (QED) is 0.264. The summed E-state index contributed by atoms with van der Waals surface area (Å²) in [6.45, 7) is 6.39. The monoisotopic (exact) mass is 537 g/mol. The summed E-state index contributed by atoms with van der Waals surface area (Å²) in [6, 6.07) is 5.50. The molecule has 0 fully saturated rings. The topological polar surface area (TPSA) is 81.6 Å². The van der Waals surface area contributed by atoms with Crippen molar-refractivity contribution in [1.29, 1.82) is 0 Å². The second-order valence-electron chi connectivity index (χ2n) is 9.06. The number of alkyl carbamates (subject to hydrolysis) is 2. The molecule has 0 atom stereocenters. The van der Waals surface area contributed by atoms with Crippen molar-refractivity contribution in [2.45, 2.75) is 85.0 Å². The lowest BCUT2D eigenvalue weighted by atomic mass is 10.0. The van der Waals surface area contributed by atoms with Crippen LogP contribution in [0.3, 0.4) is 0 Å². The van der Waals surface area contributed by atoms with Crippen LogP contribution in [0.4, 0.5) is 9.59 Å². The van der Waals surface area contributed by atoms with Gasteiger partial charge in [-0.15, -0.1) is 0 Å². The number of fused-ring (bicyclic) bond motifs is 1. The molecule has 2 amide bonds. The Morgan fingerprint density at radius 3 is 2.08 bits per heavy atom. The van der Waals surface area contributed by atoms with Crippen molar-refractivity contribution in [3.63, 3.8) is 0 Å². The van der Waals surface area contributed by atoms with Crippen molar-refractivity contribution in [2.75, 3.05) is 13.1 Å². The van der Waals surface area contributed by atoms with Gasteiger partial charge in [0.1, 0.15) is 13.2 Å². The highest BCUT2D eigenvalue weighted by Gasteiger charge is 2.28. The Hall–Kier alpha value is -2.38. The summed E-state index contributed by atoms with van der Waals surface area (Å²) in [4.78, 5) is 24.7. The van der Waals surface area contributed by atoms with E-state index in [1.807, 2.05) is 12.1 Å². The number of rotatable bonds is 13. The molecular weight excluding hydrogens is 501 g/mol.